The van der Waals surface area contributed by atoms with Gasteiger partial charge in [0.15, 0.2) is 0 Å². The van der Waals surface area contributed by atoms with E-state index >= 15 is 0 Å². The zero-order valence-electron chi connectivity index (χ0n) is 13.3. The van der Waals surface area contributed by atoms with Crippen molar-refractivity contribution in [2.24, 2.45) is 29.6 Å². The van der Waals surface area contributed by atoms with Crippen molar-refractivity contribution >= 4 is 0 Å². The Kier molecular flexibility index (Phi) is 3.44. The molecule has 0 heterocycles. The SMILES string of the molecule is CN(C)C(=C(C#N)C1C2CC3CC(C2)CC1C3)N(C)C. The second kappa shape index (κ2) is 4.98. The van der Waals surface area contributed by atoms with Crippen LogP contribution in [0.1, 0.15) is 32.1 Å². The van der Waals surface area contributed by atoms with Gasteiger partial charge in [0.1, 0.15) is 5.82 Å². The van der Waals surface area contributed by atoms with Crippen LogP contribution in [0, 0.1) is 40.9 Å². The van der Waals surface area contributed by atoms with Gasteiger partial charge in [-0.15, -0.1) is 0 Å². The average Bonchev–Trinajstić information content (AvgIpc) is 2.34. The first-order chi connectivity index (χ1) is 9.51. The van der Waals surface area contributed by atoms with Crippen LogP contribution in [0.15, 0.2) is 11.4 Å². The Hall–Kier alpha value is -1.17. The number of hydrogen-bond donors (Lipinski definition) is 0. The largest absolute Gasteiger partial charge is 0.364 e. The van der Waals surface area contributed by atoms with Crippen molar-refractivity contribution in [3.8, 4) is 6.07 Å². The highest BCUT2D eigenvalue weighted by atomic mass is 15.3. The molecule has 0 aromatic heterocycles. The standard InChI is InChI=1S/C17H27N3/c1-19(2)17(20(3)4)15(10-18)16-13-6-11-5-12(8-13)9-14(16)7-11/h11-14,16H,5-9H2,1-4H3. The molecule has 0 N–H and O–H groups in total. The third kappa shape index (κ3) is 2.10. The first-order valence-corrected chi connectivity index (χ1v) is 8.00. The highest BCUT2D eigenvalue weighted by Crippen LogP contribution is 2.58. The summed E-state index contributed by atoms with van der Waals surface area (Å²) in [6.07, 6.45) is 6.96. The van der Waals surface area contributed by atoms with Crippen LogP contribution in [0.25, 0.3) is 0 Å². The molecule has 0 saturated heterocycles. The Bertz CT molecular complexity index is 417. The van der Waals surface area contributed by atoms with E-state index in [1.165, 1.54) is 32.1 Å². The van der Waals surface area contributed by atoms with Gasteiger partial charge in [0.2, 0.25) is 0 Å². The molecule has 4 aliphatic rings. The topological polar surface area (TPSA) is 30.3 Å². The minimum absolute atomic E-state index is 0.521. The third-order valence-corrected chi connectivity index (χ3v) is 5.77. The molecule has 0 aliphatic heterocycles. The van der Waals surface area contributed by atoms with Gasteiger partial charge in [-0.2, -0.15) is 5.26 Å². The Balaban J connectivity index is 1.98. The van der Waals surface area contributed by atoms with E-state index in [0.717, 1.165) is 35.1 Å². The molecule has 0 aromatic carbocycles. The Labute approximate surface area is 123 Å². The zero-order chi connectivity index (χ0) is 14.4. The quantitative estimate of drug-likeness (QED) is 0.741. The van der Waals surface area contributed by atoms with Crippen LogP contribution in [-0.2, 0) is 0 Å². The van der Waals surface area contributed by atoms with Gasteiger partial charge in [0.05, 0.1) is 11.6 Å². The molecule has 0 radical (unpaired) electrons. The van der Waals surface area contributed by atoms with Crippen molar-refractivity contribution in [3.63, 3.8) is 0 Å². The van der Waals surface area contributed by atoms with Crippen LogP contribution < -0.4 is 0 Å². The number of nitrogens with zero attached hydrogens (tertiary/aromatic N) is 3. The van der Waals surface area contributed by atoms with Gasteiger partial charge in [0, 0.05) is 34.1 Å². The maximum Gasteiger partial charge on any atom is 0.117 e. The summed E-state index contributed by atoms with van der Waals surface area (Å²) in [7, 11) is 8.23. The predicted octanol–water partition coefficient (Wildman–Crippen LogP) is 2.92. The molecular weight excluding hydrogens is 246 g/mol. The molecule has 20 heavy (non-hydrogen) atoms. The molecule has 0 aromatic rings. The van der Waals surface area contributed by atoms with Gasteiger partial charge >= 0.3 is 0 Å². The first-order valence-electron chi connectivity index (χ1n) is 8.00. The summed E-state index contributed by atoms with van der Waals surface area (Å²) in [6, 6.07) is 2.59. The maximum absolute atomic E-state index is 9.82. The van der Waals surface area contributed by atoms with Crippen molar-refractivity contribution in [2.45, 2.75) is 32.1 Å². The van der Waals surface area contributed by atoms with Crippen molar-refractivity contribution in [2.75, 3.05) is 28.2 Å². The minimum atomic E-state index is 0.521. The van der Waals surface area contributed by atoms with E-state index in [1.54, 1.807) is 0 Å². The molecule has 3 nitrogen and oxygen atoms in total. The van der Waals surface area contributed by atoms with E-state index in [1.807, 2.05) is 0 Å². The van der Waals surface area contributed by atoms with E-state index in [2.05, 4.69) is 44.1 Å². The van der Waals surface area contributed by atoms with E-state index in [-0.39, 0.29) is 0 Å². The first kappa shape index (κ1) is 13.8. The molecule has 4 aliphatic carbocycles. The van der Waals surface area contributed by atoms with Crippen LogP contribution in [-0.4, -0.2) is 38.0 Å². The Morgan fingerprint density at radius 1 is 0.850 bits per heavy atom. The molecule has 0 atom stereocenters. The molecule has 4 bridgehead atoms. The fourth-order valence-corrected chi connectivity index (χ4v) is 5.55. The van der Waals surface area contributed by atoms with Gasteiger partial charge in [-0.1, -0.05) is 0 Å². The zero-order valence-corrected chi connectivity index (χ0v) is 13.3. The van der Waals surface area contributed by atoms with Crippen LogP contribution >= 0.6 is 0 Å². The Morgan fingerprint density at radius 2 is 1.30 bits per heavy atom. The molecule has 110 valence electrons. The van der Waals surface area contributed by atoms with E-state index < -0.39 is 0 Å². The summed E-state index contributed by atoms with van der Waals surface area (Å²) >= 11 is 0. The molecule has 3 heteroatoms. The normalized spacial score (nSPS) is 37.5. The lowest BCUT2D eigenvalue weighted by molar-refractivity contribution is -0.0207. The van der Waals surface area contributed by atoms with Crippen LogP contribution in [0.4, 0.5) is 0 Å². The number of hydrogen-bond acceptors (Lipinski definition) is 3. The summed E-state index contributed by atoms with van der Waals surface area (Å²) in [5.41, 5.74) is 1.05. The second-order valence-corrected chi connectivity index (χ2v) is 7.59. The smallest absolute Gasteiger partial charge is 0.117 e. The monoisotopic (exact) mass is 273 g/mol. The minimum Gasteiger partial charge on any atom is -0.364 e. The molecule has 0 amide bonds. The lowest BCUT2D eigenvalue weighted by Gasteiger charge is -2.54. The fourth-order valence-electron chi connectivity index (χ4n) is 5.55. The van der Waals surface area contributed by atoms with Gasteiger partial charge in [0.25, 0.3) is 0 Å². The lowest BCUT2D eigenvalue weighted by Crippen LogP contribution is -2.46. The highest BCUT2D eigenvalue weighted by Gasteiger charge is 2.50. The fraction of sp³-hybridized carbons (Fsp3) is 0.824. The van der Waals surface area contributed by atoms with Gasteiger partial charge < -0.3 is 9.80 Å². The number of rotatable bonds is 3. The van der Waals surface area contributed by atoms with E-state index in [4.69, 9.17) is 0 Å². The maximum atomic E-state index is 9.82. The third-order valence-electron chi connectivity index (χ3n) is 5.77. The van der Waals surface area contributed by atoms with Crippen molar-refractivity contribution in [1.29, 1.82) is 5.26 Å². The van der Waals surface area contributed by atoms with Crippen molar-refractivity contribution in [1.82, 2.24) is 9.80 Å². The summed E-state index contributed by atoms with van der Waals surface area (Å²) in [5.74, 6) is 5.12. The molecule has 4 fully saturated rings. The molecule has 0 spiro atoms. The van der Waals surface area contributed by atoms with Gasteiger partial charge in [-0.3, -0.25) is 0 Å². The second-order valence-electron chi connectivity index (χ2n) is 7.59. The van der Waals surface area contributed by atoms with E-state index in [9.17, 15) is 5.26 Å². The van der Waals surface area contributed by atoms with E-state index in [0.29, 0.717) is 5.92 Å². The van der Waals surface area contributed by atoms with Crippen LogP contribution in [0.5, 0.6) is 0 Å². The number of allylic oxidation sites excluding steroid dienone is 1. The van der Waals surface area contributed by atoms with Crippen molar-refractivity contribution in [3.05, 3.63) is 11.4 Å². The average molecular weight is 273 g/mol. The lowest BCUT2D eigenvalue weighted by atomic mass is 9.50. The molecular formula is C17H27N3. The van der Waals surface area contributed by atoms with Gasteiger partial charge in [-0.05, 0) is 55.8 Å². The Morgan fingerprint density at radius 3 is 1.65 bits per heavy atom. The van der Waals surface area contributed by atoms with Crippen LogP contribution in [0.3, 0.4) is 0 Å². The summed E-state index contributed by atoms with van der Waals surface area (Å²) in [4.78, 5) is 4.23. The van der Waals surface area contributed by atoms with Crippen molar-refractivity contribution < 1.29 is 0 Å². The summed E-state index contributed by atoms with van der Waals surface area (Å²) < 4.78 is 0. The predicted molar refractivity (Wildman–Crippen MR) is 80.5 cm³/mol. The number of nitriles is 1. The van der Waals surface area contributed by atoms with Crippen LogP contribution in [0.2, 0.25) is 0 Å². The molecule has 4 rings (SSSR count). The summed E-state index contributed by atoms with van der Waals surface area (Å²) in [6.45, 7) is 0. The summed E-state index contributed by atoms with van der Waals surface area (Å²) in [5, 5.41) is 9.82. The highest BCUT2D eigenvalue weighted by molar-refractivity contribution is 5.32. The molecule has 0 unspecified atom stereocenters. The van der Waals surface area contributed by atoms with Gasteiger partial charge in [-0.25, -0.2) is 0 Å². The molecule has 4 saturated carbocycles.